The molecule has 31 heavy (non-hydrogen) atoms. The summed E-state index contributed by atoms with van der Waals surface area (Å²) in [4.78, 5) is 50.5. The number of benzene rings is 1. The maximum atomic E-state index is 13.3. The summed E-state index contributed by atoms with van der Waals surface area (Å²) >= 11 is 0. The number of likely N-dealkylation sites (tertiary alicyclic amines) is 1. The summed E-state index contributed by atoms with van der Waals surface area (Å²) < 4.78 is 0. The number of piperidine rings is 1. The molecule has 0 bridgehead atoms. The van der Waals surface area contributed by atoms with Crippen LogP contribution in [0.2, 0.25) is 0 Å². The van der Waals surface area contributed by atoms with Gasteiger partial charge in [-0.1, -0.05) is 30.3 Å². The first kappa shape index (κ1) is 24.6. The van der Waals surface area contributed by atoms with Crippen molar-refractivity contribution in [3.05, 3.63) is 35.9 Å². The SMILES string of the molecule is Cl.NC(=O)C[C@H](NC(=O)C1(c2ccccc2)CCN(C(=O)[C@@H]2CCCN2)CC1)C(=O)O. The van der Waals surface area contributed by atoms with Gasteiger partial charge in [-0.2, -0.15) is 0 Å². The summed E-state index contributed by atoms with van der Waals surface area (Å²) in [5, 5.41) is 15.1. The van der Waals surface area contributed by atoms with E-state index in [0.717, 1.165) is 24.9 Å². The molecule has 2 heterocycles. The highest BCUT2D eigenvalue weighted by Gasteiger charge is 2.45. The second-order valence-electron chi connectivity index (χ2n) is 7.96. The number of carbonyl (C=O) groups is 4. The minimum Gasteiger partial charge on any atom is -0.480 e. The number of rotatable bonds is 7. The number of halogens is 1. The van der Waals surface area contributed by atoms with Crippen LogP contribution in [-0.2, 0) is 24.6 Å². The van der Waals surface area contributed by atoms with E-state index >= 15 is 0 Å². The lowest BCUT2D eigenvalue weighted by atomic mass is 9.71. The third-order valence-corrected chi connectivity index (χ3v) is 6.06. The van der Waals surface area contributed by atoms with Gasteiger partial charge in [0.15, 0.2) is 0 Å². The maximum absolute atomic E-state index is 13.3. The van der Waals surface area contributed by atoms with Crippen LogP contribution in [0, 0.1) is 0 Å². The molecule has 10 heteroatoms. The predicted octanol–water partition coefficient (Wildman–Crippen LogP) is 0.165. The first-order valence-electron chi connectivity index (χ1n) is 10.2. The van der Waals surface area contributed by atoms with Gasteiger partial charge >= 0.3 is 5.97 Å². The summed E-state index contributed by atoms with van der Waals surface area (Å²) in [7, 11) is 0. The Kier molecular flexibility index (Phi) is 8.41. The van der Waals surface area contributed by atoms with Gasteiger partial charge in [0.1, 0.15) is 6.04 Å². The lowest BCUT2D eigenvalue weighted by Gasteiger charge is -2.42. The van der Waals surface area contributed by atoms with Gasteiger partial charge in [-0.05, 0) is 37.8 Å². The monoisotopic (exact) mass is 452 g/mol. The molecule has 0 radical (unpaired) electrons. The number of amides is 3. The molecule has 3 rings (SSSR count). The van der Waals surface area contributed by atoms with Gasteiger partial charge < -0.3 is 26.4 Å². The number of nitrogens with two attached hydrogens (primary N) is 1. The van der Waals surface area contributed by atoms with Crippen LogP contribution in [0.15, 0.2) is 30.3 Å². The standard InChI is InChI=1S/C21H28N4O5.ClH/c22-17(26)13-16(19(28)29)24-20(30)21(14-5-2-1-3-6-14)8-11-25(12-9-21)18(27)15-7-4-10-23-15;/h1-3,5-6,15-16,23H,4,7-13H2,(H2,22,26)(H,24,30)(H,28,29);1H/t15-,16-;/m0./s1. The molecule has 9 nitrogen and oxygen atoms in total. The van der Waals surface area contributed by atoms with Gasteiger partial charge in [0.25, 0.3) is 0 Å². The van der Waals surface area contributed by atoms with Gasteiger partial charge in [-0.25, -0.2) is 4.79 Å². The second-order valence-corrected chi connectivity index (χ2v) is 7.96. The summed E-state index contributed by atoms with van der Waals surface area (Å²) in [6.07, 6.45) is 2.03. The van der Waals surface area contributed by atoms with Crippen molar-refractivity contribution < 1.29 is 24.3 Å². The number of primary amides is 1. The number of hydrogen-bond acceptors (Lipinski definition) is 5. The highest BCUT2D eigenvalue weighted by molar-refractivity contribution is 5.93. The average Bonchev–Trinajstić information content (AvgIpc) is 3.28. The van der Waals surface area contributed by atoms with E-state index in [0.29, 0.717) is 25.9 Å². The summed E-state index contributed by atoms with van der Waals surface area (Å²) in [5.74, 6) is -2.54. The van der Waals surface area contributed by atoms with Crippen molar-refractivity contribution in [2.24, 2.45) is 5.73 Å². The van der Waals surface area contributed by atoms with Crippen LogP contribution in [0.1, 0.15) is 37.7 Å². The highest BCUT2D eigenvalue weighted by Crippen LogP contribution is 2.36. The van der Waals surface area contributed by atoms with Crippen LogP contribution in [0.3, 0.4) is 0 Å². The first-order valence-corrected chi connectivity index (χ1v) is 10.2. The van der Waals surface area contributed by atoms with Crippen LogP contribution >= 0.6 is 12.4 Å². The molecule has 170 valence electrons. The average molecular weight is 453 g/mol. The quantitative estimate of drug-likeness (QED) is 0.464. The first-order chi connectivity index (χ1) is 14.3. The number of nitrogens with zero attached hydrogens (tertiary/aromatic N) is 1. The Morgan fingerprint density at radius 1 is 1.19 bits per heavy atom. The summed E-state index contributed by atoms with van der Waals surface area (Å²) in [6, 6.07) is 7.59. The van der Waals surface area contributed by atoms with E-state index in [1.54, 1.807) is 4.90 Å². The molecule has 0 unspecified atom stereocenters. The molecule has 1 aromatic carbocycles. The molecule has 5 N–H and O–H groups in total. The zero-order valence-corrected chi connectivity index (χ0v) is 18.0. The Morgan fingerprint density at radius 3 is 2.35 bits per heavy atom. The van der Waals surface area contributed by atoms with E-state index in [4.69, 9.17) is 5.73 Å². The third kappa shape index (κ3) is 5.54. The Labute approximate surface area is 187 Å². The van der Waals surface area contributed by atoms with Crippen molar-refractivity contribution in [1.29, 1.82) is 0 Å². The summed E-state index contributed by atoms with van der Waals surface area (Å²) in [6.45, 7) is 1.62. The zero-order chi connectivity index (χ0) is 21.7. The molecular weight excluding hydrogens is 424 g/mol. The molecule has 0 saturated carbocycles. The molecule has 2 aliphatic rings. The fourth-order valence-electron chi connectivity index (χ4n) is 4.33. The van der Waals surface area contributed by atoms with Crippen LogP contribution in [0.4, 0.5) is 0 Å². The highest BCUT2D eigenvalue weighted by atomic mass is 35.5. The topological polar surface area (TPSA) is 142 Å². The van der Waals surface area contributed by atoms with Crippen molar-refractivity contribution in [3.8, 4) is 0 Å². The van der Waals surface area contributed by atoms with Crippen LogP contribution in [0.5, 0.6) is 0 Å². The minimum atomic E-state index is -1.39. The van der Waals surface area contributed by atoms with Crippen LogP contribution < -0.4 is 16.4 Å². The predicted molar refractivity (Wildman–Crippen MR) is 116 cm³/mol. The lowest BCUT2D eigenvalue weighted by Crippen LogP contribution is -2.57. The van der Waals surface area contributed by atoms with E-state index in [1.807, 2.05) is 30.3 Å². The smallest absolute Gasteiger partial charge is 0.326 e. The van der Waals surface area contributed by atoms with Gasteiger partial charge in [-0.3, -0.25) is 14.4 Å². The minimum absolute atomic E-state index is 0. The fraction of sp³-hybridized carbons (Fsp3) is 0.524. The summed E-state index contributed by atoms with van der Waals surface area (Å²) in [5.41, 5.74) is 4.92. The molecule has 2 fully saturated rings. The van der Waals surface area contributed by atoms with Crippen molar-refractivity contribution in [1.82, 2.24) is 15.5 Å². The van der Waals surface area contributed by atoms with Gasteiger partial charge in [0.2, 0.25) is 17.7 Å². The normalized spacial score (nSPS) is 20.9. The van der Waals surface area contributed by atoms with Crippen LogP contribution in [-0.4, -0.2) is 65.4 Å². The Bertz CT molecular complexity index is 805. The molecule has 0 spiro atoms. The van der Waals surface area contributed by atoms with Crippen molar-refractivity contribution >= 4 is 36.1 Å². The molecule has 0 aromatic heterocycles. The third-order valence-electron chi connectivity index (χ3n) is 6.06. The number of carbonyl (C=O) groups excluding carboxylic acids is 3. The molecule has 3 amide bonds. The van der Waals surface area contributed by atoms with E-state index in [9.17, 15) is 24.3 Å². The van der Waals surface area contributed by atoms with Crippen LogP contribution in [0.25, 0.3) is 0 Å². The molecule has 2 aliphatic heterocycles. The molecule has 0 aliphatic carbocycles. The van der Waals surface area contributed by atoms with E-state index in [1.165, 1.54) is 0 Å². The fourth-order valence-corrected chi connectivity index (χ4v) is 4.33. The number of aliphatic carboxylic acids is 1. The number of nitrogens with one attached hydrogen (secondary N) is 2. The lowest BCUT2D eigenvalue weighted by molar-refractivity contribution is -0.145. The Morgan fingerprint density at radius 2 is 1.84 bits per heavy atom. The molecular formula is C21H29ClN4O5. The van der Waals surface area contributed by atoms with Crippen molar-refractivity contribution in [2.75, 3.05) is 19.6 Å². The second kappa shape index (κ2) is 10.6. The van der Waals surface area contributed by atoms with Crippen molar-refractivity contribution in [2.45, 2.75) is 49.6 Å². The number of carboxylic acids is 1. The zero-order valence-electron chi connectivity index (χ0n) is 17.2. The van der Waals surface area contributed by atoms with Crippen molar-refractivity contribution in [3.63, 3.8) is 0 Å². The van der Waals surface area contributed by atoms with E-state index in [2.05, 4.69) is 10.6 Å². The number of carboxylic acid groups (broad SMARTS) is 1. The Hall–Kier alpha value is -2.65. The molecule has 1 aromatic rings. The maximum Gasteiger partial charge on any atom is 0.326 e. The van der Waals surface area contributed by atoms with Gasteiger partial charge in [-0.15, -0.1) is 12.4 Å². The Balaban J connectivity index is 0.00000341. The van der Waals surface area contributed by atoms with Gasteiger partial charge in [0.05, 0.1) is 17.9 Å². The largest absolute Gasteiger partial charge is 0.480 e. The van der Waals surface area contributed by atoms with E-state index in [-0.39, 0.29) is 24.4 Å². The van der Waals surface area contributed by atoms with E-state index < -0.39 is 35.7 Å². The molecule has 2 saturated heterocycles. The van der Waals surface area contributed by atoms with Gasteiger partial charge in [0, 0.05) is 13.1 Å². The molecule has 2 atom stereocenters. The number of hydrogen-bond donors (Lipinski definition) is 4.